The highest BCUT2D eigenvalue weighted by molar-refractivity contribution is 5.94. The van der Waals surface area contributed by atoms with Gasteiger partial charge in [-0.1, -0.05) is 6.07 Å². The van der Waals surface area contributed by atoms with Crippen LogP contribution in [0.25, 0.3) is 5.69 Å². The van der Waals surface area contributed by atoms with Crippen LogP contribution in [0.1, 0.15) is 45.3 Å². The minimum Gasteiger partial charge on any atom is -0.345 e. The number of rotatable bonds is 3. The molecule has 0 spiro atoms. The average Bonchev–Trinajstić information content (AvgIpc) is 3.29. The van der Waals surface area contributed by atoms with Crippen LogP contribution in [0.3, 0.4) is 0 Å². The summed E-state index contributed by atoms with van der Waals surface area (Å²) in [4.78, 5) is 15.9. The molecular formula is C20H14F3N5O. The number of alkyl halides is 3. The van der Waals surface area contributed by atoms with Crippen molar-refractivity contribution in [1.82, 2.24) is 20.1 Å². The number of nitrogens with zero attached hydrogens (tertiary/aromatic N) is 4. The number of pyridine rings is 1. The first-order valence-electron chi connectivity index (χ1n) is 8.78. The summed E-state index contributed by atoms with van der Waals surface area (Å²) in [6.45, 7) is 0. The van der Waals surface area contributed by atoms with E-state index in [9.17, 15) is 18.0 Å². The Morgan fingerprint density at radius 2 is 2.10 bits per heavy atom. The number of carbonyl (C=O) groups is 1. The molecule has 0 radical (unpaired) electrons. The number of nitriles is 1. The van der Waals surface area contributed by atoms with Crippen molar-refractivity contribution in [2.45, 2.75) is 25.1 Å². The van der Waals surface area contributed by atoms with Crippen molar-refractivity contribution in [1.29, 1.82) is 5.26 Å². The molecule has 0 unspecified atom stereocenters. The monoisotopic (exact) mass is 397 g/mol. The first-order valence-corrected chi connectivity index (χ1v) is 8.78. The predicted molar refractivity (Wildman–Crippen MR) is 96.0 cm³/mol. The van der Waals surface area contributed by atoms with E-state index >= 15 is 0 Å². The highest BCUT2D eigenvalue weighted by atomic mass is 19.4. The number of hydrogen-bond donors (Lipinski definition) is 1. The van der Waals surface area contributed by atoms with E-state index in [4.69, 9.17) is 5.26 Å². The second kappa shape index (κ2) is 7.05. The van der Waals surface area contributed by atoms with Gasteiger partial charge in [0.1, 0.15) is 5.69 Å². The van der Waals surface area contributed by atoms with Crippen molar-refractivity contribution in [2.75, 3.05) is 0 Å². The molecule has 0 saturated carbocycles. The molecule has 1 aliphatic rings. The van der Waals surface area contributed by atoms with Crippen LogP contribution in [0, 0.1) is 11.3 Å². The summed E-state index contributed by atoms with van der Waals surface area (Å²) in [5.74, 6) is -0.323. The van der Waals surface area contributed by atoms with Gasteiger partial charge in [-0.25, -0.2) is 4.68 Å². The largest absolute Gasteiger partial charge is 0.433 e. The molecule has 2 aromatic heterocycles. The van der Waals surface area contributed by atoms with Gasteiger partial charge in [0.15, 0.2) is 0 Å². The van der Waals surface area contributed by atoms with Gasteiger partial charge in [-0.15, -0.1) is 0 Å². The van der Waals surface area contributed by atoms with Crippen LogP contribution in [0.5, 0.6) is 0 Å². The normalized spacial score (nSPS) is 15.6. The maximum absolute atomic E-state index is 12.9. The molecule has 1 aromatic carbocycles. The highest BCUT2D eigenvalue weighted by Gasteiger charge is 2.33. The Bertz CT molecular complexity index is 1130. The molecular weight excluding hydrogens is 383 g/mol. The second-order valence-electron chi connectivity index (χ2n) is 6.63. The summed E-state index contributed by atoms with van der Waals surface area (Å²) in [6.07, 6.45) is -0.573. The van der Waals surface area contributed by atoms with Crippen LogP contribution in [-0.4, -0.2) is 20.7 Å². The van der Waals surface area contributed by atoms with E-state index in [-0.39, 0.29) is 17.6 Å². The summed E-state index contributed by atoms with van der Waals surface area (Å²) < 4.78 is 40.1. The van der Waals surface area contributed by atoms with Crippen molar-refractivity contribution in [3.63, 3.8) is 0 Å². The van der Waals surface area contributed by atoms with Crippen LogP contribution < -0.4 is 5.32 Å². The van der Waals surface area contributed by atoms with Crippen molar-refractivity contribution in [3.8, 4) is 11.8 Å². The number of hydrogen-bond acceptors (Lipinski definition) is 4. The molecule has 1 amide bonds. The lowest BCUT2D eigenvalue weighted by molar-refractivity contribution is -0.141. The Hall–Kier alpha value is -3.67. The van der Waals surface area contributed by atoms with Gasteiger partial charge in [0, 0.05) is 23.5 Å². The molecule has 0 bridgehead atoms. The maximum Gasteiger partial charge on any atom is 0.433 e. The zero-order valence-corrected chi connectivity index (χ0v) is 14.9. The number of aryl methyl sites for hydroxylation is 1. The molecule has 146 valence electrons. The molecule has 2 heterocycles. The van der Waals surface area contributed by atoms with Crippen LogP contribution >= 0.6 is 0 Å². The molecule has 1 atom stereocenters. The molecule has 29 heavy (non-hydrogen) atoms. The minimum atomic E-state index is -4.54. The SMILES string of the molecule is N#Cc1cccc(C(=O)N[C@H]2CCc3nn(-c4ccnc(C(F)(F)F)c4)cc32)c1. The fourth-order valence-electron chi connectivity index (χ4n) is 3.32. The van der Waals surface area contributed by atoms with E-state index in [2.05, 4.69) is 15.4 Å². The van der Waals surface area contributed by atoms with Crippen molar-refractivity contribution < 1.29 is 18.0 Å². The molecule has 3 aromatic rings. The van der Waals surface area contributed by atoms with Gasteiger partial charge in [-0.05, 0) is 43.2 Å². The van der Waals surface area contributed by atoms with Gasteiger partial charge in [0.05, 0.1) is 29.1 Å². The maximum atomic E-state index is 12.9. The topological polar surface area (TPSA) is 83.6 Å². The van der Waals surface area contributed by atoms with Crippen molar-refractivity contribution in [2.24, 2.45) is 0 Å². The van der Waals surface area contributed by atoms with Crippen molar-refractivity contribution in [3.05, 3.63) is 76.9 Å². The predicted octanol–water partition coefficient (Wildman–Crippen LogP) is 3.58. The molecule has 6 nitrogen and oxygen atoms in total. The zero-order chi connectivity index (χ0) is 20.6. The zero-order valence-electron chi connectivity index (χ0n) is 14.9. The lowest BCUT2D eigenvalue weighted by atomic mass is 10.1. The summed E-state index contributed by atoms with van der Waals surface area (Å²) in [5, 5.41) is 16.2. The number of aromatic nitrogens is 3. The minimum absolute atomic E-state index is 0.244. The molecule has 9 heteroatoms. The third-order valence-electron chi connectivity index (χ3n) is 4.73. The van der Waals surface area contributed by atoms with E-state index in [1.54, 1.807) is 24.4 Å². The number of halogens is 3. The Kier molecular flexibility index (Phi) is 4.54. The fraction of sp³-hybridized carbons (Fsp3) is 0.200. The lowest BCUT2D eigenvalue weighted by Crippen LogP contribution is -2.27. The van der Waals surface area contributed by atoms with E-state index in [1.807, 2.05) is 6.07 Å². The third-order valence-corrected chi connectivity index (χ3v) is 4.73. The first-order chi connectivity index (χ1) is 13.8. The Labute approximate surface area is 163 Å². The van der Waals surface area contributed by atoms with E-state index in [1.165, 1.54) is 16.8 Å². The molecule has 0 saturated heterocycles. The Morgan fingerprint density at radius 3 is 2.86 bits per heavy atom. The summed E-state index contributed by atoms with van der Waals surface area (Å²) in [7, 11) is 0. The van der Waals surface area contributed by atoms with Crippen molar-refractivity contribution >= 4 is 5.91 Å². The lowest BCUT2D eigenvalue weighted by Gasteiger charge is -2.13. The molecule has 0 aliphatic heterocycles. The second-order valence-corrected chi connectivity index (χ2v) is 6.63. The van der Waals surface area contributed by atoms with Crippen LogP contribution in [0.4, 0.5) is 13.2 Å². The van der Waals surface area contributed by atoms with Gasteiger partial charge in [0.2, 0.25) is 0 Å². The van der Waals surface area contributed by atoms with E-state index in [0.717, 1.165) is 23.5 Å². The van der Waals surface area contributed by atoms with Gasteiger partial charge >= 0.3 is 6.18 Å². The molecule has 1 N–H and O–H groups in total. The number of carbonyl (C=O) groups excluding carboxylic acids is 1. The van der Waals surface area contributed by atoms with Crippen LogP contribution in [0.15, 0.2) is 48.8 Å². The first kappa shape index (κ1) is 18.7. The highest BCUT2D eigenvalue weighted by Crippen LogP contribution is 2.32. The number of fused-ring (bicyclic) bond motifs is 1. The summed E-state index contributed by atoms with van der Waals surface area (Å²) in [5.41, 5.74) is 1.50. The van der Waals surface area contributed by atoms with Gasteiger partial charge in [0.25, 0.3) is 5.91 Å². The van der Waals surface area contributed by atoms with Crippen LogP contribution in [0.2, 0.25) is 0 Å². The Balaban J connectivity index is 1.57. The summed E-state index contributed by atoms with van der Waals surface area (Å²) in [6, 6.07) is 10.4. The van der Waals surface area contributed by atoms with Gasteiger partial charge < -0.3 is 5.32 Å². The number of benzene rings is 1. The summed E-state index contributed by atoms with van der Waals surface area (Å²) >= 11 is 0. The van der Waals surface area contributed by atoms with Crippen LogP contribution in [-0.2, 0) is 12.6 Å². The number of nitrogens with one attached hydrogen (secondary N) is 1. The quantitative estimate of drug-likeness (QED) is 0.732. The Morgan fingerprint density at radius 1 is 1.28 bits per heavy atom. The van der Waals surface area contributed by atoms with E-state index in [0.29, 0.717) is 24.0 Å². The van der Waals surface area contributed by atoms with E-state index < -0.39 is 11.9 Å². The third kappa shape index (κ3) is 3.69. The molecule has 0 fully saturated rings. The smallest absolute Gasteiger partial charge is 0.345 e. The molecule has 1 aliphatic carbocycles. The van der Waals surface area contributed by atoms with Gasteiger partial charge in [-0.3, -0.25) is 9.78 Å². The average molecular weight is 397 g/mol. The fourth-order valence-corrected chi connectivity index (χ4v) is 3.32. The molecule has 4 rings (SSSR count). The number of amides is 1. The standard InChI is InChI=1S/C20H14F3N5O/c21-20(22,23)18-9-14(6-7-25-18)28-11-15-16(4-5-17(15)27-28)26-19(29)13-3-1-2-12(8-13)10-24/h1-3,6-9,11,16H,4-5H2,(H,26,29)/t16-/m0/s1. The van der Waals surface area contributed by atoms with Gasteiger partial charge in [-0.2, -0.15) is 23.5 Å².